The highest BCUT2D eigenvalue weighted by Gasteiger charge is 2.11. The predicted octanol–water partition coefficient (Wildman–Crippen LogP) is 3.29. The molecule has 0 aliphatic rings. The van der Waals surface area contributed by atoms with E-state index in [4.69, 9.17) is 0 Å². The Hall–Kier alpha value is -2.74. The molecule has 1 N–H and O–H groups in total. The van der Waals surface area contributed by atoms with Gasteiger partial charge in [-0.1, -0.05) is 6.07 Å². The number of thiazole rings is 1. The SMILES string of the molecule is CN=C(NCc1ccc(-n2ccnc2C)c(F)c1)N(C)Cc1csc(C)n1. The summed E-state index contributed by atoms with van der Waals surface area (Å²) in [6, 6.07) is 5.21. The summed E-state index contributed by atoms with van der Waals surface area (Å²) in [4.78, 5) is 14.9. The topological polar surface area (TPSA) is 58.3 Å². The summed E-state index contributed by atoms with van der Waals surface area (Å²) < 4.78 is 16.3. The lowest BCUT2D eigenvalue weighted by atomic mass is 10.2. The summed E-state index contributed by atoms with van der Waals surface area (Å²) in [5, 5.41) is 6.36. The first-order valence-electron chi connectivity index (χ1n) is 8.59. The van der Waals surface area contributed by atoms with Crippen LogP contribution in [0.4, 0.5) is 4.39 Å². The molecule has 2 heterocycles. The summed E-state index contributed by atoms with van der Waals surface area (Å²) in [6.45, 7) is 4.98. The molecule has 0 aliphatic heterocycles. The first-order valence-corrected chi connectivity index (χ1v) is 9.47. The Bertz CT molecular complexity index is 945. The van der Waals surface area contributed by atoms with Crippen molar-refractivity contribution >= 4 is 17.3 Å². The molecule has 0 aliphatic carbocycles. The highest BCUT2D eigenvalue weighted by Crippen LogP contribution is 2.17. The lowest BCUT2D eigenvalue weighted by molar-refractivity contribution is 0.470. The van der Waals surface area contributed by atoms with Gasteiger partial charge < -0.3 is 14.8 Å². The van der Waals surface area contributed by atoms with Gasteiger partial charge in [0.05, 0.1) is 22.9 Å². The van der Waals surface area contributed by atoms with Gasteiger partial charge in [0, 0.05) is 38.4 Å². The summed E-state index contributed by atoms with van der Waals surface area (Å²) >= 11 is 1.63. The number of imidazole rings is 1. The van der Waals surface area contributed by atoms with Gasteiger partial charge in [-0.2, -0.15) is 0 Å². The number of benzene rings is 1. The maximum absolute atomic E-state index is 14.5. The first-order chi connectivity index (χ1) is 13.0. The van der Waals surface area contributed by atoms with Crippen molar-refractivity contribution in [2.45, 2.75) is 26.9 Å². The molecule has 0 spiro atoms. The number of aryl methyl sites for hydroxylation is 2. The number of guanidine groups is 1. The minimum Gasteiger partial charge on any atom is -0.352 e. The van der Waals surface area contributed by atoms with Crippen LogP contribution in [0.15, 0.2) is 41.0 Å². The van der Waals surface area contributed by atoms with Crippen molar-refractivity contribution in [1.82, 2.24) is 24.8 Å². The number of hydrogen-bond donors (Lipinski definition) is 1. The number of hydrogen-bond acceptors (Lipinski definition) is 4. The van der Waals surface area contributed by atoms with E-state index in [0.29, 0.717) is 18.8 Å². The zero-order valence-corrected chi connectivity index (χ0v) is 16.7. The van der Waals surface area contributed by atoms with Crippen LogP contribution in [0.3, 0.4) is 0 Å². The molecule has 0 amide bonds. The molecule has 0 unspecified atom stereocenters. The molecule has 3 rings (SSSR count). The van der Waals surface area contributed by atoms with Gasteiger partial charge in [-0.3, -0.25) is 4.99 Å². The number of aromatic nitrogens is 3. The fourth-order valence-corrected chi connectivity index (χ4v) is 3.46. The van der Waals surface area contributed by atoms with Crippen LogP contribution < -0.4 is 5.32 Å². The molecular formula is C19H23FN6S. The molecule has 27 heavy (non-hydrogen) atoms. The van der Waals surface area contributed by atoms with E-state index >= 15 is 0 Å². The van der Waals surface area contributed by atoms with E-state index < -0.39 is 0 Å². The summed E-state index contributed by atoms with van der Waals surface area (Å²) in [5.74, 6) is 1.20. The Morgan fingerprint density at radius 3 is 2.78 bits per heavy atom. The maximum atomic E-state index is 14.5. The van der Waals surface area contributed by atoms with Gasteiger partial charge in [-0.25, -0.2) is 14.4 Å². The zero-order valence-electron chi connectivity index (χ0n) is 15.9. The highest BCUT2D eigenvalue weighted by atomic mass is 32.1. The van der Waals surface area contributed by atoms with Crippen LogP contribution in [0.5, 0.6) is 0 Å². The molecule has 6 nitrogen and oxygen atoms in total. The quantitative estimate of drug-likeness (QED) is 0.540. The average molecular weight is 387 g/mol. The van der Waals surface area contributed by atoms with E-state index in [9.17, 15) is 4.39 Å². The standard InChI is InChI=1S/C19H23FN6S/c1-13-22-7-8-26(13)18-6-5-15(9-17(18)20)10-23-19(21-3)25(4)11-16-12-27-14(2)24-16/h5-9,12H,10-11H2,1-4H3,(H,21,23). The van der Waals surface area contributed by atoms with Gasteiger partial charge in [0.25, 0.3) is 0 Å². The number of aliphatic imine (C=N–C) groups is 1. The van der Waals surface area contributed by atoms with Gasteiger partial charge in [0.1, 0.15) is 11.6 Å². The Labute approximate surface area is 162 Å². The van der Waals surface area contributed by atoms with Crippen molar-refractivity contribution < 1.29 is 4.39 Å². The van der Waals surface area contributed by atoms with Crippen molar-refractivity contribution in [2.24, 2.45) is 4.99 Å². The molecule has 0 atom stereocenters. The Balaban J connectivity index is 1.64. The summed E-state index contributed by atoms with van der Waals surface area (Å²) in [7, 11) is 3.69. The molecule has 0 radical (unpaired) electrons. The van der Waals surface area contributed by atoms with Crippen LogP contribution in [0.2, 0.25) is 0 Å². The summed E-state index contributed by atoms with van der Waals surface area (Å²) in [5.41, 5.74) is 2.34. The minimum atomic E-state index is -0.281. The smallest absolute Gasteiger partial charge is 0.194 e. The normalized spacial score (nSPS) is 11.7. The highest BCUT2D eigenvalue weighted by molar-refractivity contribution is 7.09. The average Bonchev–Trinajstić information content (AvgIpc) is 3.24. The number of rotatable bonds is 5. The molecule has 0 saturated carbocycles. The Kier molecular flexibility index (Phi) is 5.85. The maximum Gasteiger partial charge on any atom is 0.194 e. The van der Waals surface area contributed by atoms with Crippen molar-refractivity contribution in [3.05, 3.63) is 63.9 Å². The molecule has 8 heteroatoms. The monoisotopic (exact) mass is 386 g/mol. The van der Waals surface area contributed by atoms with Crippen LogP contribution in [0.1, 0.15) is 22.1 Å². The van der Waals surface area contributed by atoms with Gasteiger partial charge in [-0.15, -0.1) is 11.3 Å². The van der Waals surface area contributed by atoms with E-state index in [1.807, 2.05) is 37.2 Å². The molecule has 3 aromatic rings. The van der Waals surface area contributed by atoms with Gasteiger partial charge in [0.15, 0.2) is 5.96 Å². The third-order valence-corrected chi connectivity index (χ3v) is 5.01. The number of halogens is 1. The fourth-order valence-electron chi connectivity index (χ4n) is 2.85. The Morgan fingerprint density at radius 2 is 2.19 bits per heavy atom. The van der Waals surface area contributed by atoms with Crippen molar-refractivity contribution in [1.29, 1.82) is 0 Å². The van der Waals surface area contributed by atoms with Crippen LogP contribution in [0.25, 0.3) is 5.69 Å². The van der Waals surface area contributed by atoms with Crippen molar-refractivity contribution in [2.75, 3.05) is 14.1 Å². The third-order valence-electron chi connectivity index (χ3n) is 4.19. The minimum absolute atomic E-state index is 0.281. The van der Waals surface area contributed by atoms with E-state index in [2.05, 4.69) is 20.3 Å². The van der Waals surface area contributed by atoms with E-state index in [0.717, 1.165) is 28.0 Å². The van der Waals surface area contributed by atoms with E-state index in [-0.39, 0.29) is 5.82 Å². The predicted molar refractivity (Wildman–Crippen MR) is 107 cm³/mol. The molecular weight excluding hydrogens is 363 g/mol. The van der Waals surface area contributed by atoms with E-state index in [1.54, 1.807) is 47.5 Å². The van der Waals surface area contributed by atoms with Crippen LogP contribution in [-0.4, -0.2) is 39.5 Å². The van der Waals surface area contributed by atoms with Crippen molar-refractivity contribution in [3.8, 4) is 5.69 Å². The molecule has 1 aromatic carbocycles. The van der Waals surface area contributed by atoms with Crippen LogP contribution in [-0.2, 0) is 13.1 Å². The van der Waals surface area contributed by atoms with Gasteiger partial charge in [0.2, 0.25) is 0 Å². The second kappa shape index (κ2) is 8.30. The summed E-state index contributed by atoms with van der Waals surface area (Å²) in [6.07, 6.45) is 3.41. The number of nitrogens with one attached hydrogen (secondary N) is 1. The third kappa shape index (κ3) is 4.51. The lowest BCUT2D eigenvalue weighted by Crippen LogP contribution is -2.38. The Morgan fingerprint density at radius 1 is 1.37 bits per heavy atom. The van der Waals surface area contributed by atoms with Crippen molar-refractivity contribution in [3.63, 3.8) is 0 Å². The molecule has 0 bridgehead atoms. The fraction of sp³-hybridized carbons (Fsp3) is 0.316. The van der Waals surface area contributed by atoms with Crippen LogP contribution >= 0.6 is 11.3 Å². The van der Waals surface area contributed by atoms with Gasteiger partial charge >= 0.3 is 0 Å². The van der Waals surface area contributed by atoms with Gasteiger partial charge in [-0.05, 0) is 31.5 Å². The largest absolute Gasteiger partial charge is 0.352 e. The molecule has 142 valence electrons. The molecule has 2 aromatic heterocycles. The van der Waals surface area contributed by atoms with E-state index in [1.165, 1.54) is 0 Å². The molecule has 0 saturated heterocycles. The van der Waals surface area contributed by atoms with Crippen LogP contribution in [0, 0.1) is 19.7 Å². The first kappa shape index (κ1) is 19.0. The zero-order chi connectivity index (χ0) is 19.4. The number of nitrogens with zero attached hydrogens (tertiary/aromatic N) is 5. The lowest BCUT2D eigenvalue weighted by Gasteiger charge is -2.21. The molecule has 0 fully saturated rings. The second-order valence-corrected chi connectivity index (χ2v) is 7.31. The second-order valence-electron chi connectivity index (χ2n) is 6.24.